The lowest BCUT2D eigenvalue weighted by molar-refractivity contribution is -0.384. The van der Waals surface area contributed by atoms with Crippen molar-refractivity contribution in [3.8, 4) is 0 Å². The van der Waals surface area contributed by atoms with Crippen molar-refractivity contribution in [3.05, 3.63) is 34.1 Å². The van der Waals surface area contributed by atoms with Crippen LogP contribution >= 0.6 is 0 Å². The number of aliphatic hydroxyl groups is 1. The molecule has 1 aliphatic heterocycles. The van der Waals surface area contributed by atoms with Gasteiger partial charge in [-0.2, -0.15) is 0 Å². The fourth-order valence-corrected chi connectivity index (χ4v) is 2.04. The van der Waals surface area contributed by atoms with E-state index in [-0.39, 0.29) is 31.2 Å². The third-order valence-corrected chi connectivity index (χ3v) is 2.90. The summed E-state index contributed by atoms with van der Waals surface area (Å²) in [5.41, 5.74) is -0.759. The third-order valence-electron chi connectivity index (χ3n) is 2.90. The highest BCUT2D eigenvalue weighted by atomic mass is 19.1. The number of amides is 1. The molecule has 18 heavy (non-hydrogen) atoms. The Hall–Kier alpha value is -2.02. The summed E-state index contributed by atoms with van der Waals surface area (Å²) in [6.45, 7) is -0.110. The number of carbonyl (C=O) groups excluding carboxylic acids is 1. The molecule has 0 saturated carbocycles. The van der Waals surface area contributed by atoms with E-state index in [1.54, 1.807) is 0 Å². The van der Waals surface area contributed by atoms with Crippen LogP contribution in [0.25, 0.3) is 0 Å². The summed E-state index contributed by atoms with van der Waals surface area (Å²) in [6.07, 6.45) is 0.0714. The average Bonchev–Trinajstić information content (AvgIpc) is 2.70. The smallest absolute Gasteiger partial charge is 0.296 e. The highest BCUT2D eigenvalue weighted by Gasteiger charge is 2.35. The molecule has 1 heterocycles. The summed E-state index contributed by atoms with van der Waals surface area (Å²) < 4.78 is 13.7. The van der Waals surface area contributed by atoms with Gasteiger partial charge in [-0.1, -0.05) is 6.07 Å². The van der Waals surface area contributed by atoms with Gasteiger partial charge in [-0.15, -0.1) is 0 Å². The normalized spacial score (nSPS) is 19.3. The first-order chi connectivity index (χ1) is 8.54. The van der Waals surface area contributed by atoms with E-state index >= 15 is 0 Å². The van der Waals surface area contributed by atoms with Crippen LogP contribution in [0.4, 0.5) is 15.8 Å². The van der Waals surface area contributed by atoms with Gasteiger partial charge in [0, 0.05) is 31.6 Å². The number of aliphatic hydroxyl groups excluding tert-OH is 1. The number of nitrogens with zero attached hydrogens (tertiary/aromatic N) is 2. The molecule has 0 radical (unpaired) electrons. The third kappa shape index (κ3) is 2.04. The summed E-state index contributed by atoms with van der Waals surface area (Å²) in [7, 11) is 0. The molecule has 1 fully saturated rings. The lowest BCUT2D eigenvalue weighted by Crippen LogP contribution is -2.26. The number of rotatable bonds is 3. The van der Waals surface area contributed by atoms with Crippen molar-refractivity contribution in [1.29, 1.82) is 0 Å². The van der Waals surface area contributed by atoms with Crippen molar-refractivity contribution in [2.75, 3.05) is 18.1 Å². The van der Waals surface area contributed by atoms with E-state index in [0.29, 0.717) is 0 Å². The number of nitro groups is 1. The fraction of sp³-hybridized carbons (Fsp3) is 0.364. The molecule has 2 rings (SSSR count). The molecule has 1 N–H and O–H groups in total. The van der Waals surface area contributed by atoms with Gasteiger partial charge in [0.1, 0.15) is 0 Å². The van der Waals surface area contributed by atoms with Crippen molar-refractivity contribution in [1.82, 2.24) is 0 Å². The van der Waals surface area contributed by atoms with Crippen molar-refractivity contribution >= 4 is 17.3 Å². The molecule has 7 heteroatoms. The van der Waals surface area contributed by atoms with E-state index in [9.17, 15) is 19.3 Å². The molecule has 1 saturated heterocycles. The summed E-state index contributed by atoms with van der Waals surface area (Å²) in [4.78, 5) is 22.8. The second-order valence-corrected chi connectivity index (χ2v) is 4.12. The van der Waals surface area contributed by atoms with E-state index < -0.39 is 22.3 Å². The van der Waals surface area contributed by atoms with Gasteiger partial charge < -0.3 is 10.0 Å². The molecule has 1 aliphatic rings. The number of nitro benzene ring substituents is 1. The number of hydrogen-bond donors (Lipinski definition) is 1. The molecular weight excluding hydrogens is 243 g/mol. The Morgan fingerprint density at radius 1 is 1.56 bits per heavy atom. The first kappa shape index (κ1) is 12.4. The molecule has 96 valence electrons. The second-order valence-electron chi connectivity index (χ2n) is 4.12. The minimum absolute atomic E-state index is 0.0714. The summed E-state index contributed by atoms with van der Waals surface area (Å²) in [5.74, 6) is -1.53. The summed E-state index contributed by atoms with van der Waals surface area (Å²) >= 11 is 0. The summed E-state index contributed by atoms with van der Waals surface area (Å²) in [6, 6.07) is 3.45. The van der Waals surface area contributed by atoms with E-state index in [4.69, 9.17) is 5.11 Å². The van der Waals surface area contributed by atoms with E-state index in [1.807, 2.05) is 0 Å². The van der Waals surface area contributed by atoms with Crippen LogP contribution in [0.1, 0.15) is 6.42 Å². The maximum Gasteiger partial charge on any atom is 0.296 e. The number of benzene rings is 1. The van der Waals surface area contributed by atoms with Crippen LogP contribution in [0.5, 0.6) is 0 Å². The molecule has 0 spiro atoms. The molecule has 0 bridgehead atoms. The largest absolute Gasteiger partial charge is 0.396 e. The van der Waals surface area contributed by atoms with Crippen LogP contribution in [0.3, 0.4) is 0 Å². The Balaban J connectivity index is 2.45. The van der Waals surface area contributed by atoms with Gasteiger partial charge in [-0.05, 0) is 6.07 Å². The van der Waals surface area contributed by atoms with Crippen molar-refractivity contribution < 1.29 is 19.2 Å². The zero-order valence-electron chi connectivity index (χ0n) is 9.38. The molecular formula is C11H11FN2O4. The number of carbonyl (C=O) groups is 1. The van der Waals surface area contributed by atoms with Crippen molar-refractivity contribution in [2.24, 2.45) is 5.92 Å². The molecule has 1 unspecified atom stereocenters. The van der Waals surface area contributed by atoms with E-state index in [0.717, 1.165) is 17.0 Å². The van der Waals surface area contributed by atoms with E-state index in [1.165, 1.54) is 6.07 Å². The molecule has 1 atom stereocenters. The van der Waals surface area contributed by atoms with Crippen LogP contribution in [0, 0.1) is 21.8 Å². The average molecular weight is 254 g/mol. The first-order valence-electron chi connectivity index (χ1n) is 5.38. The van der Waals surface area contributed by atoms with Gasteiger partial charge in [0.2, 0.25) is 5.91 Å². The standard InChI is InChI=1S/C11H11FN2O4/c12-8-2-1-3-9(14(17)18)11(8)13-5-7(6-15)4-10(13)16/h1-3,7,15H,4-6H2. The van der Waals surface area contributed by atoms with Gasteiger partial charge in [-0.25, -0.2) is 4.39 Å². The van der Waals surface area contributed by atoms with Crippen LogP contribution in [-0.2, 0) is 4.79 Å². The zero-order chi connectivity index (χ0) is 13.3. The minimum Gasteiger partial charge on any atom is -0.396 e. The second kappa shape index (κ2) is 4.69. The van der Waals surface area contributed by atoms with Gasteiger partial charge in [0.15, 0.2) is 11.5 Å². The Kier molecular flexibility index (Phi) is 3.24. The molecule has 0 aromatic heterocycles. The van der Waals surface area contributed by atoms with Crippen molar-refractivity contribution in [3.63, 3.8) is 0 Å². The SMILES string of the molecule is O=C1CC(CO)CN1c1c(F)cccc1[N+](=O)[O-]. The quantitative estimate of drug-likeness (QED) is 0.646. The number of hydrogen-bond acceptors (Lipinski definition) is 4. The Bertz CT molecular complexity index is 506. The number of para-hydroxylation sites is 1. The van der Waals surface area contributed by atoms with Gasteiger partial charge in [-0.3, -0.25) is 14.9 Å². The Morgan fingerprint density at radius 3 is 2.83 bits per heavy atom. The van der Waals surface area contributed by atoms with Crippen LogP contribution in [-0.4, -0.2) is 29.1 Å². The number of anilines is 1. The topological polar surface area (TPSA) is 83.7 Å². The molecule has 1 aromatic carbocycles. The molecule has 1 amide bonds. The number of halogens is 1. The highest BCUT2D eigenvalue weighted by molar-refractivity contribution is 5.98. The van der Waals surface area contributed by atoms with E-state index in [2.05, 4.69) is 0 Å². The maximum absolute atomic E-state index is 13.7. The van der Waals surface area contributed by atoms with Crippen molar-refractivity contribution in [2.45, 2.75) is 6.42 Å². The molecule has 0 aliphatic carbocycles. The highest BCUT2D eigenvalue weighted by Crippen LogP contribution is 2.34. The lowest BCUT2D eigenvalue weighted by Gasteiger charge is -2.16. The Labute approximate surface area is 102 Å². The first-order valence-corrected chi connectivity index (χ1v) is 5.38. The lowest BCUT2D eigenvalue weighted by atomic mass is 10.1. The molecule has 1 aromatic rings. The summed E-state index contributed by atoms with van der Waals surface area (Å²) in [5, 5.41) is 19.8. The fourth-order valence-electron chi connectivity index (χ4n) is 2.04. The van der Waals surface area contributed by atoms with Gasteiger partial charge in [0.25, 0.3) is 5.69 Å². The Morgan fingerprint density at radius 2 is 2.28 bits per heavy atom. The van der Waals surface area contributed by atoms with Gasteiger partial charge >= 0.3 is 0 Å². The molecule has 6 nitrogen and oxygen atoms in total. The van der Waals surface area contributed by atoms with Crippen LogP contribution in [0.15, 0.2) is 18.2 Å². The predicted molar refractivity (Wildman–Crippen MR) is 60.6 cm³/mol. The van der Waals surface area contributed by atoms with Crippen LogP contribution in [0.2, 0.25) is 0 Å². The maximum atomic E-state index is 13.7. The minimum atomic E-state index is -0.809. The monoisotopic (exact) mass is 254 g/mol. The zero-order valence-corrected chi connectivity index (χ0v) is 9.38. The predicted octanol–water partition coefficient (Wildman–Crippen LogP) is 1.08. The van der Waals surface area contributed by atoms with Crippen LogP contribution < -0.4 is 4.90 Å². The van der Waals surface area contributed by atoms with Gasteiger partial charge in [0.05, 0.1) is 4.92 Å².